The molecule has 5 aliphatic rings. The molecule has 296 valence electrons. The maximum absolute atomic E-state index is 13.9. The summed E-state index contributed by atoms with van der Waals surface area (Å²) in [5.74, 6) is 0.259. The topological polar surface area (TPSA) is 110 Å². The molecule has 2 aromatic rings. The van der Waals surface area contributed by atoms with Crippen molar-refractivity contribution in [1.29, 1.82) is 0 Å². The molecule has 4 heterocycles. The maximum Gasteiger partial charge on any atom is 0.264 e. The van der Waals surface area contributed by atoms with Crippen molar-refractivity contribution in [1.82, 2.24) is 14.5 Å². The molecule has 54 heavy (non-hydrogen) atoms. The molecule has 0 radical (unpaired) electrons. The van der Waals surface area contributed by atoms with Crippen molar-refractivity contribution in [2.75, 3.05) is 84.8 Å². The number of anilines is 1. The lowest BCUT2D eigenvalue weighted by Gasteiger charge is -2.52. The van der Waals surface area contributed by atoms with Gasteiger partial charge in [0.15, 0.2) is 0 Å². The van der Waals surface area contributed by atoms with Crippen LogP contribution in [-0.4, -0.2) is 121 Å². The van der Waals surface area contributed by atoms with E-state index in [1.54, 1.807) is 6.07 Å². The number of carbonyl (C=O) groups is 1. The van der Waals surface area contributed by atoms with E-state index < -0.39 is 26.8 Å². The second-order valence-corrected chi connectivity index (χ2v) is 18.3. The number of hydrogen-bond acceptors (Lipinski definition) is 10. The number of carbonyl (C=O) groups excluding carboxylic acids is 1. The number of aryl methyl sites for hydroxylation is 1. The third-order valence-corrected chi connectivity index (χ3v) is 14.7. The third-order valence-electron chi connectivity index (χ3n) is 12.6. The SMILES string of the molecule is COC[C@@H]1[C@@H](C)C/C=C/[C@](CN2CCN(C3COC3)CC2)(OC)C2CC[C@H]2CN2CCCCc3cc(Cl)ccc3COc3ccc(cc32)C(=O)NS1(=O)=O. The first-order chi connectivity index (χ1) is 26.1. The fraction of sp³-hybridized carbons (Fsp3) is 0.634. The molecule has 7 rings (SSSR count). The van der Waals surface area contributed by atoms with Crippen molar-refractivity contribution in [3.05, 3.63) is 70.3 Å². The molecule has 5 atom stereocenters. The van der Waals surface area contributed by atoms with E-state index in [1.165, 1.54) is 12.7 Å². The molecule has 3 fully saturated rings. The van der Waals surface area contributed by atoms with E-state index in [-0.39, 0.29) is 24.0 Å². The Kier molecular flexibility index (Phi) is 12.6. The molecule has 11 nitrogen and oxygen atoms in total. The van der Waals surface area contributed by atoms with Crippen molar-refractivity contribution >= 4 is 33.2 Å². The fourth-order valence-corrected chi connectivity index (χ4v) is 10.8. The highest BCUT2D eigenvalue weighted by molar-refractivity contribution is 7.90. The normalized spacial score (nSPS) is 30.7. The minimum Gasteiger partial charge on any atom is -0.487 e. The third kappa shape index (κ3) is 8.65. The number of nitrogens with zero attached hydrogens (tertiary/aromatic N) is 3. The van der Waals surface area contributed by atoms with Crippen LogP contribution in [0.4, 0.5) is 5.69 Å². The number of ether oxygens (including phenoxy) is 4. The minimum absolute atomic E-state index is 0.0352. The van der Waals surface area contributed by atoms with E-state index in [2.05, 4.69) is 31.6 Å². The van der Waals surface area contributed by atoms with E-state index >= 15 is 0 Å². The van der Waals surface area contributed by atoms with Crippen LogP contribution in [0.3, 0.4) is 0 Å². The van der Waals surface area contributed by atoms with E-state index in [9.17, 15) is 13.2 Å². The molecule has 2 aromatic carbocycles. The lowest BCUT2D eigenvalue weighted by molar-refractivity contribution is -0.107. The molecule has 1 unspecified atom stereocenters. The molecule has 1 N–H and O–H groups in total. The Labute approximate surface area is 326 Å². The number of nitrogens with one attached hydrogen (secondary N) is 1. The summed E-state index contributed by atoms with van der Waals surface area (Å²) in [6.07, 6.45) is 9.73. The van der Waals surface area contributed by atoms with Gasteiger partial charge < -0.3 is 23.8 Å². The van der Waals surface area contributed by atoms with Crippen LogP contribution >= 0.6 is 11.6 Å². The van der Waals surface area contributed by atoms with Crippen molar-refractivity contribution in [3.8, 4) is 5.75 Å². The number of piperazine rings is 1. The van der Waals surface area contributed by atoms with Gasteiger partial charge in [-0.2, -0.15) is 0 Å². The standard InChI is InChI=1S/C41H57ClN4O7S/c1-29-7-6-15-41(51-3,28-44-17-19-45(20-18-44)35-25-52-26-35)36-13-10-32(36)23-46-16-5-4-8-30-21-34(42)12-9-33(30)24-53-38-14-11-31(22-37(38)46)40(47)43-54(48,49)39(29)27-50-2/h6,9,11-12,14-15,21-22,29,32,35-36,39H,4-5,7-8,10,13,16-20,23-28H2,1-3H3,(H,43,47)/b15-6+/t29-,32-,36?,39+,41+/m0/s1. The molecule has 2 bridgehead atoms. The fourth-order valence-electron chi connectivity index (χ4n) is 9.06. The summed E-state index contributed by atoms with van der Waals surface area (Å²) in [5.41, 5.74) is 2.78. The van der Waals surface area contributed by atoms with Gasteiger partial charge in [0, 0.05) is 70.6 Å². The van der Waals surface area contributed by atoms with Crippen LogP contribution < -0.4 is 14.4 Å². The lowest BCUT2D eigenvalue weighted by Crippen LogP contribution is -2.61. The number of fused-ring (bicyclic) bond motifs is 3. The Hall–Kier alpha value is -2.71. The monoisotopic (exact) mass is 784 g/mol. The molecule has 2 saturated heterocycles. The summed E-state index contributed by atoms with van der Waals surface area (Å²) in [4.78, 5) is 21.2. The first-order valence-corrected chi connectivity index (χ1v) is 21.6. The van der Waals surface area contributed by atoms with E-state index in [4.69, 9.17) is 30.5 Å². The highest BCUT2D eigenvalue weighted by Gasteiger charge is 2.48. The van der Waals surface area contributed by atoms with Gasteiger partial charge in [0.1, 0.15) is 23.2 Å². The molecular formula is C41H57ClN4O7S. The number of rotatable bonds is 6. The molecular weight excluding hydrogens is 728 g/mol. The summed E-state index contributed by atoms with van der Waals surface area (Å²) in [6, 6.07) is 11.8. The van der Waals surface area contributed by atoms with Gasteiger partial charge in [0.05, 0.1) is 31.5 Å². The minimum atomic E-state index is -4.10. The lowest BCUT2D eigenvalue weighted by atomic mass is 9.63. The summed E-state index contributed by atoms with van der Waals surface area (Å²) in [5, 5.41) is -0.224. The van der Waals surface area contributed by atoms with E-state index in [0.29, 0.717) is 35.8 Å². The number of amides is 1. The van der Waals surface area contributed by atoms with Gasteiger partial charge in [0.25, 0.3) is 5.91 Å². The number of hydrogen-bond donors (Lipinski definition) is 1. The van der Waals surface area contributed by atoms with Crippen molar-refractivity contribution in [2.24, 2.45) is 17.8 Å². The molecule has 0 spiro atoms. The zero-order valence-electron chi connectivity index (χ0n) is 32.0. The molecule has 0 aromatic heterocycles. The second kappa shape index (κ2) is 17.2. The van der Waals surface area contributed by atoms with Crippen LogP contribution in [0.1, 0.15) is 60.5 Å². The Morgan fingerprint density at radius 2 is 1.81 bits per heavy atom. The van der Waals surface area contributed by atoms with Crippen LogP contribution in [0.15, 0.2) is 48.6 Å². The van der Waals surface area contributed by atoms with Crippen LogP contribution in [0.25, 0.3) is 0 Å². The van der Waals surface area contributed by atoms with E-state index in [1.807, 2.05) is 44.4 Å². The van der Waals surface area contributed by atoms with Crippen LogP contribution in [-0.2, 0) is 37.3 Å². The maximum atomic E-state index is 13.9. The first kappa shape index (κ1) is 39.5. The Balaban J connectivity index is 1.25. The molecule has 4 aliphatic heterocycles. The Bertz CT molecular complexity index is 1770. The number of allylic oxidation sites excluding steroid dienone is 1. The number of halogens is 1. The predicted octanol–water partition coefficient (Wildman–Crippen LogP) is 5.16. The van der Waals surface area contributed by atoms with Gasteiger partial charge in [-0.1, -0.05) is 36.7 Å². The molecule has 1 saturated carbocycles. The average molecular weight is 785 g/mol. The molecule has 13 heteroatoms. The van der Waals surface area contributed by atoms with Gasteiger partial charge >= 0.3 is 0 Å². The quantitative estimate of drug-likeness (QED) is 0.395. The summed E-state index contributed by atoms with van der Waals surface area (Å²) >= 11 is 6.41. The van der Waals surface area contributed by atoms with Gasteiger partial charge in [0.2, 0.25) is 10.0 Å². The van der Waals surface area contributed by atoms with E-state index in [0.717, 1.165) is 102 Å². The summed E-state index contributed by atoms with van der Waals surface area (Å²) < 4.78 is 54.3. The number of methoxy groups -OCH3 is 2. The summed E-state index contributed by atoms with van der Waals surface area (Å²) in [6.45, 7) is 10.1. The van der Waals surface area contributed by atoms with Crippen LogP contribution in [0, 0.1) is 17.8 Å². The van der Waals surface area contributed by atoms with Gasteiger partial charge in [-0.3, -0.25) is 14.6 Å². The van der Waals surface area contributed by atoms with Gasteiger partial charge in [-0.25, -0.2) is 13.1 Å². The molecule has 1 amide bonds. The average Bonchev–Trinajstić information content (AvgIpc) is 3.14. The second-order valence-electron chi connectivity index (χ2n) is 16.0. The van der Waals surface area contributed by atoms with Crippen molar-refractivity contribution < 1.29 is 32.2 Å². The molecule has 1 aliphatic carbocycles. The van der Waals surface area contributed by atoms with Crippen LogP contribution in [0.2, 0.25) is 5.02 Å². The zero-order chi connectivity index (χ0) is 37.9. The zero-order valence-corrected chi connectivity index (χ0v) is 33.6. The van der Waals surface area contributed by atoms with Gasteiger partial charge in [-0.05, 0) is 97.7 Å². The number of benzene rings is 2. The largest absolute Gasteiger partial charge is 0.487 e. The Morgan fingerprint density at radius 1 is 1.00 bits per heavy atom. The number of sulfonamides is 1. The van der Waals surface area contributed by atoms with Gasteiger partial charge in [-0.15, -0.1) is 0 Å². The first-order valence-electron chi connectivity index (χ1n) is 19.7. The predicted molar refractivity (Wildman–Crippen MR) is 211 cm³/mol. The van der Waals surface area contributed by atoms with Crippen molar-refractivity contribution in [3.63, 3.8) is 0 Å². The smallest absolute Gasteiger partial charge is 0.264 e. The highest BCUT2D eigenvalue weighted by atomic mass is 35.5. The van der Waals surface area contributed by atoms with Crippen molar-refractivity contribution in [2.45, 2.75) is 68.9 Å². The Morgan fingerprint density at radius 3 is 2.52 bits per heavy atom. The van der Waals surface area contributed by atoms with Crippen LogP contribution in [0.5, 0.6) is 5.75 Å². The highest BCUT2D eigenvalue weighted by Crippen LogP contribution is 2.47. The summed E-state index contributed by atoms with van der Waals surface area (Å²) in [7, 11) is -0.772.